The van der Waals surface area contributed by atoms with Crippen molar-refractivity contribution >= 4 is 33.3 Å². The molecule has 1 heterocycles. The smallest absolute Gasteiger partial charge is 0.385 e. The average molecular weight is 264 g/mol. The Labute approximate surface area is 113 Å². The van der Waals surface area contributed by atoms with Gasteiger partial charge in [-0.3, -0.25) is 4.79 Å². The van der Waals surface area contributed by atoms with Gasteiger partial charge in [0.2, 0.25) is 0 Å². The highest BCUT2D eigenvalue weighted by Gasteiger charge is 2.35. The highest BCUT2D eigenvalue weighted by molar-refractivity contribution is 6.47. The second-order valence-corrected chi connectivity index (χ2v) is 4.74. The fourth-order valence-corrected chi connectivity index (χ4v) is 2.63. The number of Topliss-reactive ketones (excluding diaryl/α,β-unsaturated/α-hetero) is 1. The molecule has 0 saturated carbocycles. The van der Waals surface area contributed by atoms with Crippen LogP contribution >= 0.6 is 0 Å². The van der Waals surface area contributed by atoms with Gasteiger partial charge in [-0.1, -0.05) is 24.3 Å². The van der Waals surface area contributed by atoms with Crippen LogP contribution in [0.3, 0.4) is 0 Å². The van der Waals surface area contributed by atoms with Crippen LogP contribution in [0.2, 0.25) is 0 Å². The third-order valence-electron chi connectivity index (χ3n) is 3.55. The zero-order chi connectivity index (χ0) is 13.9. The van der Waals surface area contributed by atoms with Gasteiger partial charge in [0, 0.05) is 0 Å². The average Bonchev–Trinajstić information content (AvgIpc) is 2.74. The van der Waals surface area contributed by atoms with E-state index in [1.54, 1.807) is 0 Å². The number of hydrogen-bond acceptors (Lipinski definition) is 4. The van der Waals surface area contributed by atoms with Gasteiger partial charge in [0.1, 0.15) is 0 Å². The van der Waals surface area contributed by atoms with Gasteiger partial charge in [-0.25, -0.2) is 4.79 Å². The zero-order valence-electron chi connectivity index (χ0n) is 10.2. The van der Waals surface area contributed by atoms with Gasteiger partial charge in [-0.15, -0.1) is 0 Å². The molecular formula is C16H8O4. The van der Waals surface area contributed by atoms with Crippen LogP contribution in [-0.2, 0) is 4.79 Å². The summed E-state index contributed by atoms with van der Waals surface area (Å²) < 4.78 is 4.83. The predicted octanol–water partition coefficient (Wildman–Crippen LogP) is 2.80. The quantitative estimate of drug-likeness (QED) is 0.293. The SMILES string of the molecule is O=C1Oc2c(O)cc3cc4ccccc4cc3c2C1=O. The lowest BCUT2D eigenvalue weighted by atomic mass is 9.97. The molecule has 0 spiro atoms. The second-order valence-electron chi connectivity index (χ2n) is 4.74. The summed E-state index contributed by atoms with van der Waals surface area (Å²) in [6.45, 7) is 0. The van der Waals surface area contributed by atoms with Crippen molar-refractivity contribution in [2.45, 2.75) is 0 Å². The van der Waals surface area contributed by atoms with E-state index in [0.717, 1.165) is 10.8 Å². The van der Waals surface area contributed by atoms with E-state index in [1.165, 1.54) is 6.07 Å². The van der Waals surface area contributed by atoms with Crippen LogP contribution in [-0.4, -0.2) is 16.9 Å². The maximum atomic E-state index is 11.9. The van der Waals surface area contributed by atoms with Crippen molar-refractivity contribution in [1.29, 1.82) is 0 Å². The summed E-state index contributed by atoms with van der Waals surface area (Å²) in [5.74, 6) is -1.89. The molecule has 20 heavy (non-hydrogen) atoms. The summed E-state index contributed by atoms with van der Waals surface area (Å²) >= 11 is 0. The second kappa shape index (κ2) is 3.57. The maximum Gasteiger partial charge on any atom is 0.385 e. The Kier molecular flexibility index (Phi) is 1.96. The monoisotopic (exact) mass is 264 g/mol. The molecule has 3 aromatic rings. The topological polar surface area (TPSA) is 63.6 Å². The first kappa shape index (κ1) is 11.0. The number of aromatic hydroxyl groups is 1. The number of esters is 1. The van der Waals surface area contributed by atoms with E-state index in [0.29, 0.717) is 10.8 Å². The van der Waals surface area contributed by atoms with E-state index >= 15 is 0 Å². The number of fused-ring (bicyclic) bond motifs is 4. The number of benzene rings is 3. The molecule has 0 fully saturated rings. The summed E-state index contributed by atoms with van der Waals surface area (Å²) in [5.41, 5.74) is 0.149. The van der Waals surface area contributed by atoms with Crippen molar-refractivity contribution in [2.75, 3.05) is 0 Å². The third kappa shape index (κ3) is 1.30. The van der Waals surface area contributed by atoms with Crippen molar-refractivity contribution in [3.63, 3.8) is 0 Å². The molecule has 1 aliphatic heterocycles. The summed E-state index contributed by atoms with van der Waals surface area (Å²) in [6, 6.07) is 12.9. The minimum atomic E-state index is -0.948. The Hall–Kier alpha value is -2.88. The lowest BCUT2D eigenvalue weighted by Gasteiger charge is -2.07. The number of hydrogen-bond donors (Lipinski definition) is 1. The van der Waals surface area contributed by atoms with Crippen LogP contribution < -0.4 is 4.74 Å². The summed E-state index contributed by atoms with van der Waals surface area (Å²) in [6.07, 6.45) is 0. The van der Waals surface area contributed by atoms with Crippen molar-refractivity contribution in [2.24, 2.45) is 0 Å². The normalized spacial score (nSPS) is 13.8. The summed E-state index contributed by atoms with van der Waals surface area (Å²) in [7, 11) is 0. The lowest BCUT2D eigenvalue weighted by molar-refractivity contribution is -0.128. The van der Waals surface area contributed by atoms with Crippen LogP contribution in [0.25, 0.3) is 21.5 Å². The first-order valence-electron chi connectivity index (χ1n) is 6.10. The van der Waals surface area contributed by atoms with E-state index in [-0.39, 0.29) is 17.1 Å². The van der Waals surface area contributed by atoms with Gasteiger partial charge in [0.15, 0.2) is 11.5 Å². The molecule has 0 radical (unpaired) electrons. The fraction of sp³-hybridized carbons (Fsp3) is 0. The van der Waals surface area contributed by atoms with Crippen molar-refractivity contribution < 1.29 is 19.4 Å². The lowest BCUT2D eigenvalue weighted by Crippen LogP contribution is -2.10. The molecule has 0 aromatic heterocycles. The Bertz CT molecular complexity index is 925. The minimum Gasteiger partial charge on any atom is -0.504 e. The largest absolute Gasteiger partial charge is 0.504 e. The van der Waals surface area contributed by atoms with Crippen LogP contribution in [0.5, 0.6) is 11.5 Å². The van der Waals surface area contributed by atoms with Crippen molar-refractivity contribution in [3.05, 3.63) is 48.0 Å². The first-order chi connectivity index (χ1) is 9.65. The molecule has 4 nitrogen and oxygen atoms in total. The maximum absolute atomic E-state index is 11.9. The van der Waals surface area contributed by atoms with E-state index in [9.17, 15) is 14.7 Å². The number of phenols is 1. The first-order valence-corrected chi connectivity index (χ1v) is 6.10. The van der Waals surface area contributed by atoms with Crippen LogP contribution in [0.1, 0.15) is 10.4 Å². The highest BCUT2D eigenvalue weighted by atomic mass is 16.6. The summed E-state index contributed by atoms with van der Waals surface area (Å²) in [4.78, 5) is 23.3. The van der Waals surface area contributed by atoms with Crippen LogP contribution in [0.15, 0.2) is 42.5 Å². The Balaban J connectivity index is 2.21. The van der Waals surface area contributed by atoms with Gasteiger partial charge in [-0.2, -0.15) is 0 Å². The molecule has 3 aromatic carbocycles. The van der Waals surface area contributed by atoms with Gasteiger partial charge >= 0.3 is 5.97 Å². The zero-order valence-corrected chi connectivity index (χ0v) is 10.2. The molecule has 1 aliphatic rings. The molecule has 1 N–H and O–H groups in total. The van der Waals surface area contributed by atoms with E-state index in [2.05, 4.69) is 0 Å². The number of ether oxygens (including phenoxy) is 1. The van der Waals surface area contributed by atoms with E-state index < -0.39 is 11.8 Å². The van der Waals surface area contributed by atoms with Gasteiger partial charge < -0.3 is 9.84 Å². The molecule has 0 atom stereocenters. The Morgan fingerprint density at radius 1 is 0.900 bits per heavy atom. The standard InChI is InChI=1S/C16H8O4/c17-12-7-10-5-8-3-1-2-4-9(8)6-11(10)13-14(18)16(19)20-15(12)13/h1-7,17H. The Morgan fingerprint density at radius 3 is 2.35 bits per heavy atom. The summed E-state index contributed by atoms with van der Waals surface area (Å²) in [5, 5.41) is 13.2. The van der Waals surface area contributed by atoms with E-state index in [4.69, 9.17) is 4.74 Å². The van der Waals surface area contributed by atoms with Crippen molar-refractivity contribution in [1.82, 2.24) is 0 Å². The van der Waals surface area contributed by atoms with Crippen LogP contribution in [0, 0.1) is 0 Å². The number of rotatable bonds is 0. The van der Waals surface area contributed by atoms with Gasteiger partial charge in [-0.05, 0) is 39.7 Å². The van der Waals surface area contributed by atoms with E-state index in [1.807, 2.05) is 36.4 Å². The molecule has 96 valence electrons. The molecule has 0 amide bonds. The molecular weight excluding hydrogens is 256 g/mol. The highest BCUT2D eigenvalue weighted by Crippen LogP contribution is 2.41. The molecule has 0 bridgehead atoms. The molecule has 0 saturated heterocycles. The number of phenolic OH excluding ortho intramolecular Hbond substituents is 1. The third-order valence-corrected chi connectivity index (χ3v) is 3.55. The number of carbonyl (C=O) groups is 2. The fourth-order valence-electron chi connectivity index (χ4n) is 2.63. The molecule has 0 aliphatic carbocycles. The van der Waals surface area contributed by atoms with Crippen LogP contribution in [0.4, 0.5) is 0 Å². The molecule has 0 unspecified atom stereocenters. The minimum absolute atomic E-state index is 0.0391. The van der Waals surface area contributed by atoms with Crippen molar-refractivity contribution in [3.8, 4) is 11.5 Å². The number of ketones is 1. The predicted molar refractivity (Wildman–Crippen MR) is 73.1 cm³/mol. The van der Waals surface area contributed by atoms with Gasteiger partial charge in [0.05, 0.1) is 5.56 Å². The molecule has 4 rings (SSSR count). The Morgan fingerprint density at radius 2 is 1.60 bits per heavy atom. The molecule has 4 heteroatoms. The van der Waals surface area contributed by atoms with Gasteiger partial charge in [0.25, 0.3) is 5.78 Å². The number of carbonyl (C=O) groups excluding carboxylic acids is 2.